The lowest BCUT2D eigenvalue weighted by molar-refractivity contribution is -0.135. The lowest BCUT2D eigenvalue weighted by atomic mass is 10.1. The van der Waals surface area contributed by atoms with Gasteiger partial charge in [-0.2, -0.15) is 0 Å². The quantitative estimate of drug-likeness (QED) is 0.581. The van der Waals surface area contributed by atoms with Crippen molar-refractivity contribution in [1.82, 2.24) is 5.32 Å². The Kier molecular flexibility index (Phi) is 4.75. The molecule has 118 valence electrons. The molecule has 6 nitrogen and oxygen atoms in total. The number of hydrogen-bond acceptors (Lipinski definition) is 4. The van der Waals surface area contributed by atoms with Crippen molar-refractivity contribution in [1.29, 1.82) is 0 Å². The normalized spacial score (nSPS) is 10.0. The van der Waals surface area contributed by atoms with Gasteiger partial charge in [0.15, 0.2) is 0 Å². The van der Waals surface area contributed by atoms with Gasteiger partial charge in [0, 0.05) is 11.4 Å². The monoisotopic (exact) mass is 311 g/mol. The van der Waals surface area contributed by atoms with Gasteiger partial charge >= 0.3 is 11.8 Å². The van der Waals surface area contributed by atoms with Gasteiger partial charge in [-0.15, -0.1) is 0 Å². The largest absolute Gasteiger partial charge is 0.398 e. The van der Waals surface area contributed by atoms with E-state index in [1.807, 2.05) is 25.2 Å². The summed E-state index contributed by atoms with van der Waals surface area (Å²) in [5.41, 5.74) is 8.39. The van der Waals surface area contributed by atoms with Crippen LogP contribution < -0.4 is 16.4 Å². The Morgan fingerprint density at radius 2 is 1.61 bits per heavy atom. The highest BCUT2D eigenvalue weighted by atomic mass is 16.2. The summed E-state index contributed by atoms with van der Waals surface area (Å²) in [6, 6.07) is 11.6. The highest BCUT2D eigenvalue weighted by Gasteiger charge is 2.19. The van der Waals surface area contributed by atoms with Crippen LogP contribution in [0.4, 0.5) is 11.4 Å². The van der Waals surface area contributed by atoms with E-state index < -0.39 is 17.7 Å². The molecule has 0 saturated heterocycles. The predicted molar refractivity (Wildman–Crippen MR) is 87.9 cm³/mol. The standard InChI is InChI=1S/C17H17N3O3/c1-10-6-5-9-14(11(10)2)19-16(22)17(23)20-15(21)12-7-3-4-8-13(12)18/h3-9H,18H2,1-2H3,(H,19,22)(H,20,21,23). The van der Waals surface area contributed by atoms with E-state index >= 15 is 0 Å². The highest BCUT2D eigenvalue weighted by molar-refractivity contribution is 6.42. The van der Waals surface area contributed by atoms with E-state index in [2.05, 4.69) is 5.32 Å². The summed E-state index contributed by atoms with van der Waals surface area (Å²) >= 11 is 0. The molecule has 2 aromatic rings. The average molecular weight is 311 g/mol. The number of nitrogen functional groups attached to an aromatic ring is 1. The number of para-hydroxylation sites is 1. The molecule has 6 heteroatoms. The molecule has 2 aromatic carbocycles. The van der Waals surface area contributed by atoms with E-state index in [0.717, 1.165) is 11.1 Å². The number of imide groups is 1. The van der Waals surface area contributed by atoms with Gasteiger partial charge in [-0.1, -0.05) is 24.3 Å². The number of hydrogen-bond donors (Lipinski definition) is 3. The van der Waals surface area contributed by atoms with Crippen LogP contribution >= 0.6 is 0 Å². The van der Waals surface area contributed by atoms with Gasteiger partial charge in [0.1, 0.15) is 0 Å². The summed E-state index contributed by atoms with van der Waals surface area (Å²) in [6.07, 6.45) is 0. The van der Waals surface area contributed by atoms with E-state index in [1.165, 1.54) is 12.1 Å². The first kappa shape index (κ1) is 16.2. The highest BCUT2D eigenvalue weighted by Crippen LogP contribution is 2.17. The summed E-state index contributed by atoms with van der Waals surface area (Å²) in [6.45, 7) is 3.73. The first-order valence-electron chi connectivity index (χ1n) is 6.97. The SMILES string of the molecule is Cc1cccc(NC(=O)C(=O)NC(=O)c2ccccc2N)c1C. The van der Waals surface area contributed by atoms with Gasteiger partial charge < -0.3 is 11.1 Å². The molecule has 0 unspecified atom stereocenters. The number of nitrogens with one attached hydrogen (secondary N) is 2. The average Bonchev–Trinajstić information content (AvgIpc) is 2.52. The maximum atomic E-state index is 12.0. The van der Waals surface area contributed by atoms with E-state index in [-0.39, 0.29) is 11.3 Å². The number of carbonyl (C=O) groups is 3. The zero-order valence-electron chi connectivity index (χ0n) is 12.8. The van der Waals surface area contributed by atoms with Gasteiger partial charge in [0.05, 0.1) is 5.56 Å². The fraction of sp³-hybridized carbons (Fsp3) is 0.118. The Morgan fingerprint density at radius 3 is 2.30 bits per heavy atom. The zero-order valence-corrected chi connectivity index (χ0v) is 12.8. The zero-order chi connectivity index (χ0) is 17.0. The van der Waals surface area contributed by atoms with E-state index in [0.29, 0.717) is 5.69 Å². The van der Waals surface area contributed by atoms with Crippen LogP contribution in [0, 0.1) is 13.8 Å². The van der Waals surface area contributed by atoms with Gasteiger partial charge in [0.2, 0.25) is 0 Å². The number of aryl methyl sites for hydroxylation is 1. The number of anilines is 2. The van der Waals surface area contributed by atoms with Crippen LogP contribution in [-0.2, 0) is 9.59 Å². The maximum absolute atomic E-state index is 12.0. The van der Waals surface area contributed by atoms with Crippen molar-refractivity contribution in [2.45, 2.75) is 13.8 Å². The van der Waals surface area contributed by atoms with Crippen molar-refractivity contribution in [2.75, 3.05) is 11.1 Å². The van der Waals surface area contributed by atoms with E-state index in [4.69, 9.17) is 5.73 Å². The van der Waals surface area contributed by atoms with Crippen LogP contribution in [-0.4, -0.2) is 17.7 Å². The smallest absolute Gasteiger partial charge is 0.316 e. The second kappa shape index (κ2) is 6.74. The Labute approximate surface area is 133 Å². The van der Waals surface area contributed by atoms with Crippen LogP contribution in [0.25, 0.3) is 0 Å². The molecule has 0 spiro atoms. The number of rotatable bonds is 2. The second-order valence-corrected chi connectivity index (χ2v) is 5.07. The molecule has 0 aliphatic carbocycles. The maximum Gasteiger partial charge on any atom is 0.316 e. The lowest BCUT2D eigenvalue weighted by Gasteiger charge is -2.10. The molecule has 0 bridgehead atoms. The van der Waals surface area contributed by atoms with Crippen molar-refractivity contribution in [3.05, 3.63) is 59.2 Å². The molecule has 0 aromatic heterocycles. The molecule has 0 fully saturated rings. The Bertz CT molecular complexity index is 784. The van der Waals surface area contributed by atoms with Crippen molar-refractivity contribution in [3.63, 3.8) is 0 Å². The molecule has 2 rings (SSSR count). The molecule has 0 aliphatic rings. The minimum atomic E-state index is -1.04. The first-order chi connectivity index (χ1) is 10.9. The van der Waals surface area contributed by atoms with Crippen molar-refractivity contribution in [2.24, 2.45) is 0 Å². The molecule has 0 saturated carbocycles. The molecule has 0 heterocycles. The fourth-order valence-electron chi connectivity index (χ4n) is 2.00. The second-order valence-electron chi connectivity index (χ2n) is 5.07. The summed E-state index contributed by atoms with van der Waals surface area (Å²) in [4.78, 5) is 35.7. The van der Waals surface area contributed by atoms with E-state index in [1.54, 1.807) is 24.3 Å². The molecule has 0 aliphatic heterocycles. The van der Waals surface area contributed by atoms with Crippen LogP contribution in [0.2, 0.25) is 0 Å². The fourth-order valence-corrected chi connectivity index (χ4v) is 2.00. The summed E-state index contributed by atoms with van der Waals surface area (Å²) < 4.78 is 0. The van der Waals surface area contributed by atoms with Crippen LogP contribution in [0.1, 0.15) is 21.5 Å². The summed E-state index contributed by atoms with van der Waals surface area (Å²) in [5.74, 6) is -2.68. The number of nitrogens with two attached hydrogens (primary N) is 1. The lowest BCUT2D eigenvalue weighted by Crippen LogP contribution is -2.39. The van der Waals surface area contributed by atoms with Crippen molar-refractivity contribution in [3.8, 4) is 0 Å². The Balaban J connectivity index is 2.06. The Hall–Kier alpha value is -3.15. The summed E-state index contributed by atoms with van der Waals surface area (Å²) in [7, 11) is 0. The minimum absolute atomic E-state index is 0.139. The van der Waals surface area contributed by atoms with Gasteiger partial charge in [-0.25, -0.2) is 0 Å². The topological polar surface area (TPSA) is 101 Å². The third kappa shape index (κ3) is 3.74. The Morgan fingerprint density at radius 1 is 0.913 bits per heavy atom. The number of carbonyl (C=O) groups excluding carboxylic acids is 3. The molecular formula is C17H17N3O3. The first-order valence-corrected chi connectivity index (χ1v) is 6.97. The molecule has 3 amide bonds. The predicted octanol–water partition coefficient (Wildman–Crippen LogP) is 1.78. The minimum Gasteiger partial charge on any atom is -0.398 e. The van der Waals surface area contributed by atoms with Crippen molar-refractivity contribution < 1.29 is 14.4 Å². The van der Waals surface area contributed by atoms with Crippen LogP contribution in [0.15, 0.2) is 42.5 Å². The van der Waals surface area contributed by atoms with E-state index in [9.17, 15) is 14.4 Å². The third-order valence-electron chi connectivity index (χ3n) is 3.49. The third-order valence-corrected chi connectivity index (χ3v) is 3.49. The number of benzene rings is 2. The van der Waals surface area contributed by atoms with Crippen LogP contribution in [0.5, 0.6) is 0 Å². The molecule has 23 heavy (non-hydrogen) atoms. The summed E-state index contributed by atoms with van der Waals surface area (Å²) in [5, 5.41) is 4.51. The van der Waals surface area contributed by atoms with Crippen LogP contribution in [0.3, 0.4) is 0 Å². The van der Waals surface area contributed by atoms with Crippen molar-refractivity contribution >= 4 is 29.1 Å². The van der Waals surface area contributed by atoms with Gasteiger partial charge in [0.25, 0.3) is 5.91 Å². The number of amides is 3. The van der Waals surface area contributed by atoms with Gasteiger partial charge in [-0.05, 0) is 43.2 Å². The molecular weight excluding hydrogens is 294 g/mol. The molecule has 0 atom stereocenters. The van der Waals surface area contributed by atoms with Gasteiger partial charge in [-0.3, -0.25) is 19.7 Å². The molecule has 4 N–H and O–H groups in total. The molecule has 0 radical (unpaired) electrons.